The molecule has 2 N–H and O–H groups in total. The third-order valence-corrected chi connectivity index (χ3v) is 5.28. The second-order valence-electron chi connectivity index (χ2n) is 17.5. The Labute approximate surface area is 276 Å². The number of hydrogen-bond donors (Lipinski definition) is 2. The zero-order valence-corrected chi connectivity index (χ0v) is 31.4. The van der Waals surface area contributed by atoms with Crippen LogP contribution in [0.2, 0.25) is 0 Å². The van der Waals surface area contributed by atoms with Gasteiger partial charge >= 0.3 is 0 Å². The zero-order valence-electron chi connectivity index (χ0n) is 31.4. The SMILES string of the molecule is CC(C)(C)Oc1cc(O)c(OC(C)(C)C)c(OC(C)(C)C)c1C(=O)c1c(OC(C)(C)C)cc(O)c(OC(C)(C)C)c1OC(C)(C)C. The summed E-state index contributed by atoms with van der Waals surface area (Å²) in [6, 6.07) is 2.72. The summed E-state index contributed by atoms with van der Waals surface area (Å²) in [5.41, 5.74) is -4.80. The molecule has 0 saturated heterocycles. The van der Waals surface area contributed by atoms with Crippen molar-refractivity contribution < 1.29 is 43.4 Å². The maximum atomic E-state index is 15.3. The first-order valence-electron chi connectivity index (χ1n) is 15.8. The Balaban J connectivity index is 3.30. The van der Waals surface area contributed by atoms with Crippen molar-refractivity contribution in [3.05, 3.63) is 23.3 Å². The van der Waals surface area contributed by atoms with Crippen LogP contribution in [0.3, 0.4) is 0 Å². The summed E-state index contributed by atoms with van der Waals surface area (Å²) in [6.45, 7) is 32.9. The molecule has 0 atom stereocenters. The van der Waals surface area contributed by atoms with Crippen LogP contribution in [0.1, 0.15) is 141 Å². The monoisotopic (exact) mass is 646 g/mol. The molecule has 46 heavy (non-hydrogen) atoms. The van der Waals surface area contributed by atoms with E-state index >= 15 is 4.79 Å². The summed E-state index contributed by atoms with van der Waals surface area (Å²) in [5, 5.41) is 22.7. The molecule has 2 rings (SSSR count). The van der Waals surface area contributed by atoms with Crippen LogP contribution in [0.5, 0.6) is 46.0 Å². The zero-order chi connectivity index (χ0) is 36.0. The average molecular weight is 647 g/mol. The minimum Gasteiger partial charge on any atom is -0.504 e. The van der Waals surface area contributed by atoms with E-state index in [-0.39, 0.29) is 57.1 Å². The van der Waals surface area contributed by atoms with Crippen molar-refractivity contribution in [2.75, 3.05) is 0 Å². The summed E-state index contributed by atoms with van der Waals surface area (Å²) in [6.07, 6.45) is 0. The number of carbonyl (C=O) groups excluding carboxylic acids is 1. The Morgan fingerprint density at radius 1 is 0.413 bits per heavy atom. The van der Waals surface area contributed by atoms with Gasteiger partial charge in [0, 0.05) is 12.1 Å². The Bertz CT molecular complexity index is 1310. The van der Waals surface area contributed by atoms with Crippen LogP contribution in [0.25, 0.3) is 0 Å². The largest absolute Gasteiger partial charge is 0.504 e. The van der Waals surface area contributed by atoms with E-state index < -0.39 is 39.4 Å². The van der Waals surface area contributed by atoms with Crippen molar-refractivity contribution in [1.82, 2.24) is 0 Å². The Kier molecular flexibility index (Phi) is 10.6. The quantitative estimate of drug-likeness (QED) is 0.271. The number of ketones is 1. The van der Waals surface area contributed by atoms with Crippen LogP contribution in [-0.4, -0.2) is 49.6 Å². The van der Waals surface area contributed by atoms with E-state index in [0.29, 0.717) is 0 Å². The molecule has 0 amide bonds. The third-order valence-electron chi connectivity index (χ3n) is 5.28. The second kappa shape index (κ2) is 12.6. The van der Waals surface area contributed by atoms with Gasteiger partial charge in [0.25, 0.3) is 0 Å². The molecule has 260 valence electrons. The van der Waals surface area contributed by atoms with Gasteiger partial charge in [0.1, 0.15) is 56.2 Å². The van der Waals surface area contributed by atoms with Gasteiger partial charge in [-0.3, -0.25) is 4.79 Å². The number of hydrogen-bond acceptors (Lipinski definition) is 9. The van der Waals surface area contributed by atoms with Crippen molar-refractivity contribution in [3.8, 4) is 46.0 Å². The Morgan fingerprint density at radius 2 is 0.630 bits per heavy atom. The number of rotatable bonds is 8. The van der Waals surface area contributed by atoms with E-state index in [1.165, 1.54) is 12.1 Å². The number of ether oxygens (including phenoxy) is 6. The maximum absolute atomic E-state index is 15.3. The van der Waals surface area contributed by atoms with Crippen molar-refractivity contribution in [3.63, 3.8) is 0 Å². The minimum absolute atomic E-state index is 0.0125. The van der Waals surface area contributed by atoms with Gasteiger partial charge in [-0.25, -0.2) is 0 Å². The van der Waals surface area contributed by atoms with E-state index in [2.05, 4.69) is 0 Å². The lowest BCUT2D eigenvalue weighted by Gasteiger charge is -2.33. The van der Waals surface area contributed by atoms with E-state index in [9.17, 15) is 10.2 Å². The van der Waals surface area contributed by atoms with Crippen LogP contribution in [0, 0.1) is 0 Å². The molecule has 0 aromatic heterocycles. The molecular weight excluding hydrogens is 588 g/mol. The van der Waals surface area contributed by atoms with E-state index in [1.54, 1.807) is 0 Å². The van der Waals surface area contributed by atoms with Crippen LogP contribution in [0.15, 0.2) is 12.1 Å². The highest BCUT2D eigenvalue weighted by molar-refractivity contribution is 6.17. The Hall–Kier alpha value is -3.49. The summed E-state index contributed by atoms with van der Waals surface area (Å²) >= 11 is 0. The molecule has 0 aliphatic carbocycles. The van der Waals surface area contributed by atoms with E-state index in [1.807, 2.05) is 125 Å². The summed E-state index contributed by atoms with van der Waals surface area (Å²) in [5.74, 6) is -1.08. The number of carbonyl (C=O) groups is 1. The average Bonchev–Trinajstić information content (AvgIpc) is 2.73. The van der Waals surface area contributed by atoms with Gasteiger partial charge in [0.2, 0.25) is 17.3 Å². The van der Waals surface area contributed by atoms with E-state index in [0.717, 1.165) is 0 Å². The number of aromatic hydroxyl groups is 2. The van der Waals surface area contributed by atoms with Crippen LogP contribution >= 0.6 is 0 Å². The van der Waals surface area contributed by atoms with Gasteiger partial charge in [0.15, 0.2) is 23.0 Å². The first-order chi connectivity index (χ1) is 20.3. The fraction of sp³-hybridized carbons (Fsp3) is 0.649. The predicted octanol–water partition coefficient (Wildman–Crippen LogP) is 9.39. The first kappa shape index (κ1) is 38.7. The highest BCUT2D eigenvalue weighted by atomic mass is 16.6. The number of benzene rings is 2. The first-order valence-corrected chi connectivity index (χ1v) is 15.8. The summed E-state index contributed by atoms with van der Waals surface area (Å²) in [4.78, 5) is 15.3. The molecule has 9 nitrogen and oxygen atoms in total. The topological polar surface area (TPSA) is 113 Å². The number of phenols is 2. The molecule has 0 aliphatic rings. The maximum Gasteiger partial charge on any atom is 0.208 e. The molecule has 0 spiro atoms. The molecule has 2 aromatic rings. The second-order valence-corrected chi connectivity index (χ2v) is 17.5. The van der Waals surface area contributed by atoms with Crippen molar-refractivity contribution in [2.45, 2.75) is 158 Å². The lowest BCUT2D eigenvalue weighted by molar-refractivity contribution is 0.0802. The van der Waals surface area contributed by atoms with E-state index in [4.69, 9.17) is 28.4 Å². The number of phenolic OH excluding ortho intramolecular Hbond substituents is 2. The normalized spacial score (nSPS) is 13.3. The fourth-order valence-corrected chi connectivity index (χ4v) is 4.20. The minimum atomic E-state index is -0.831. The fourth-order valence-electron chi connectivity index (χ4n) is 4.20. The molecule has 2 aromatic carbocycles. The van der Waals surface area contributed by atoms with Gasteiger partial charge in [-0.2, -0.15) is 0 Å². The standard InChI is InChI=1S/C37H58O9/c1-32(2,3)41-23-19-21(38)28(43-34(7,8)9)30(45-36(13,14)15)25(23)27(40)26-24(42-33(4,5)6)20-22(39)29(44-35(10,11)12)31(26)46-37(16,17)18/h19-20,38-39H,1-18H3. The molecular formula is C37H58O9. The van der Waals surface area contributed by atoms with Gasteiger partial charge in [-0.15, -0.1) is 0 Å². The van der Waals surface area contributed by atoms with Crippen LogP contribution in [0.4, 0.5) is 0 Å². The highest BCUT2D eigenvalue weighted by Crippen LogP contribution is 2.53. The molecule has 0 aliphatic heterocycles. The summed E-state index contributed by atoms with van der Waals surface area (Å²) in [7, 11) is 0. The molecule has 0 fully saturated rings. The molecule has 0 radical (unpaired) electrons. The molecule has 0 heterocycles. The Morgan fingerprint density at radius 3 is 0.848 bits per heavy atom. The van der Waals surface area contributed by atoms with Gasteiger partial charge < -0.3 is 38.6 Å². The van der Waals surface area contributed by atoms with Crippen LogP contribution in [-0.2, 0) is 0 Å². The molecule has 0 saturated carbocycles. The van der Waals surface area contributed by atoms with Crippen molar-refractivity contribution >= 4 is 5.78 Å². The van der Waals surface area contributed by atoms with Crippen molar-refractivity contribution in [2.24, 2.45) is 0 Å². The predicted molar refractivity (Wildman–Crippen MR) is 182 cm³/mol. The highest BCUT2D eigenvalue weighted by Gasteiger charge is 2.39. The molecule has 0 unspecified atom stereocenters. The lowest BCUT2D eigenvalue weighted by atomic mass is 9.96. The third kappa shape index (κ3) is 11.4. The summed E-state index contributed by atoms with van der Waals surface area (Å²) < 4.78 is 38.1. The molecule has 9 heteroatoms. The lowest BCUT2D eigenvalue weighted by Crippen LogP contribution is -2.31. The van der Waals surface area contributed by atoms with Crippen LogP contribution < -0.4 is 28.4 Å². The van der Waals surface area contributed by atoms with Gasteiger partial charge in [-0.1, -0.05) is 0 Å². The van der Waals surface area contributed by atoms with Gasteiger partial charge in [-0.05, 0) is 125 Å². The van der Waals surface area contributed by atoms with Gasteiger partial charge in [0.05, 0.1) is 0 Å². The van der Waals surface area contributed by atoms with Crippen molar-refractivity contribution in [1.29, 1.82) is 0 Å². The smallest absolute Gasteiger partial charge is 0.208 e. The molecule has 0 bridgehead atoms.